The van der Waals surface area contributed by atoms with E-state index in [1.165, 1.54) is 7.11 Å². The molecular weight excluding hydrogens is 302 g/mol. The lowest BCUT2D eigenvalue weighted by molar-refractivity contribution is -0.146. The molecule has 0 saturated heterocycles. The molecule has 0 aromatic heterocycles. The Bertz CT molecular complexity index is 628. The van der Waals surface area contributed by atoms with E-state index in [0.29, 0.717) is 0 Å². The Morgan fingerprint density at radius 2 is 1.33 bits per heavy atom. The SMILES string of the molecule is COC(=O)[C@H](NC(=O)C(c1ccccc1)c1ccccc1)C(C)C. The molecule has 0 aliphatic rings. The van der Waals surface area contributed by atoms with E-state index >= 15 is 0 Å². The van der Waals surface area contributed by atoms with Crippen LogP contribution in [0.15, 0.2) is 60.7 Å². The van der Waals surface area contributed by atoms with Gasteiger partial charge in [0.15, 0.2) is 0 Å². The molecule has 2 aromatic rings. The third kappa shape index (κ3) is 4.22. The first-order valence-electron chi connectivity index (χ1n) is 8.02. The van der Waals surface area contributed by atoms with E-state index in [-0.39, 0.29) is 11.8 Å². The molecule has 0 heterocycles. The van der Waals surface area contributed by atoms with Gasteiger partial charge in [0.25, 0.3) is 0 Å². The van der Waals surface area contributed by atoms with E-state index in [1.54, 1.807) is 0 Å². The normalized spacial score (nSPS) is 12.0. The Hall–Kier alpha value is -2.62. The highest BCUT2D eigenvalue weighted by atomic mass is 16.5. The van der Waals surface area contributed by atoms with Gasteiger partial charge < -0.3 is 10.1 Å². The van der Waals surface area contributed by atoms with E-state index in [0.717, 1.165) is 11.1 Å². The fourth-order valence-corrected chi connectivity index (χ4v) is 2.65. The van der Waals surface area contributed by atoms with Crippen LogP contribution < -0.4 is 5.32 Å². The van der Waals surface area contributed by atoms with Crippen molar-refractivity contribution in [1.29, 1.82) is 0 Å². The summed E-state index contributed by atoms with van der Waals surface area (Å²) in [6.45, 7) is 3.75. The maximum absolute atomic E-state index is 13.0. The summed E-state index contributed by atoms with van der Waals surface area (Å²) < 4.78 is 4.81. The van der Waals surface area contributed by atoms with E-state index < -0.39 is 17.9 Å². The van der Waals surface area contributed by atoms with E-state index in [1.807, 2.05) is 74.5 Å². The van der Waals surface area contributed by atoms with Gasteiger partial charge in [-0.05, 0) is 17.0 Å². The van der Waals surface area contributed by atoms with Crippen molar-refractivity contribution in [3.05, 3.63) is 71.8 Å². The molecule has 0 aliphatic heterocycles. The van der Waals surface area contributed by atoms with Crippen molar-refractivity contribution in [3.63, 3.8) is 0 Å². The number of hydrogen-bond donors (Lipinski definition) is 1. The van der Waals surface area contributed by atoms with Crippen molar-refractivity contribution in [2.24, 2.45) is 5.92 Å². The van der Waals surface area contributed by atoms with Gasteiger partial charge in [-0.1, -0.05) is 74.5 Å². The number of benzene rings is 2. The van der Waals surface area contributed by atoms with Gasteiger partial charge in [0, 0.05) is 0 Å². The minimum absolute atomic E-state index is 0.0615. The van der Waals surface area contributed by atoms with Crippen LogP contribution in [0, 0.1) is 5.92 Å². The molecule has 4 heteroatoms. The van der Waals surface area contributed by atoms with Crippen molar-refractivity contribution in [3.8, 4) is 0 Å². The summed E-state index contributed by atoms with van der Waals surface area (Å²) in [6, 6.07) is 18.4. The fourth-order valence-electron chi connectivity index (χ4n) is 2.65. The molecule has 0 radical (unpaired) electrons. The molecule has 0 spiro atoms. The molecule has 126 valence electrons. The molecule has 1 atom stereocenters. The fraction of sp³-hybridized carbons (Fsp3) is 0.300. The van der Waals surface area contributed by atoms with Gasteiger partial charge in [-0.15, -0.1) is 0 Å². The monoisotopic (exact) mass is 325 g/mol. The summed E-state index contributed by atoms with van der Waals surface area (Å²) in [5.74, 6) is -1.18. The van der Waals surface area contributed by atoms with Crippen LogP contribution >= 0.6 is 0 Å². The molecule has 2 rings (SSSR count). The van der Waals surface area contributed by atoms with Gasteiger partial charge in [-0.2, -0.15) is 0 Å². The molecule has 0 aliphatic carbocycles. The van der Waals surface area contributed by atoms with Gasteiger partial charge in [-0.25, -0.2) is 4.79 Å². The van der Waals surface area contributed by atoms with Crippen LogP contribution in [0.2, 0.25) is 0 Å². The van der Waals surface area contributed by atoms with Crippen LogP contribution in [0.25, 0.3) is 0 Å². The standard InChI is InChI=1S/C20H23NO3/c1-14(2)18(20(23)24-3)21-19(22)17(15-10-6-4-7-11-15)16-12-8-5-9-13-16/h4-14,17-18H,1-3H3,(H,21,22)/t18-/m1/s1. The number of rotatable bonds is 6. The lowest BCUT2D eigenvalue weighted by atomic mass is 9.90. The highest BCUT2D eigenvalue weighted by Crippen LogP contribution is 2.25. The van der Waals surface area contributed by atoms with Crippen molar-refractivity contribution in [2.45, 2.75) is 25.8 Å². The predicted molar refractivity (Wildman–Crippen MR) is 93.5 cm³/mol. The number of nitrogens with one attached hydrogen (secondary N) is 1. The first-order valence-corrected chi connectivity index (χ1v) is 8.02. The molecule has 0 fully saturated rings. The molecule has 2 aromatic carbocycles. The smallest absolute Gasteiger partial charge is 0.328 e. The zero-order valence-corrected chi connectivity index (χ0v) is 14.2. The second-order valence-corrected chi connectivity index (χ2v) is 6.01. The molecule has 0 bridgehead atoms. The Morgan fingerprint density at radius 3 is 1.71 bits per heavy atom. The highest BCUT2D eigenvalue weighted by Gasteiger charge is 2.30. The number of hydrogen-bond acceptors (Lipinski definition) is 3. The van der Waals surface area contributed by atoms with Crippen molar-refractivity contribution in [2.75, 3.05) is 7.11 Å². The second-order valence-electron chi connectivity index (χ2n) is 6.01. The quantitative estimate of drug-likeness (QED) is 0.830. The summed E-state index contributed by atoms with van der Waals surface area (Å²) in [7, 11) is 1.33. The molecule has 0 unspecified atom stereocenters. The first kappa shape index (κ1) is 17.7. The maximum atomic E-state index is 13.0. The molecular formula is C20H23NO3. The highest BCUT2D eigenvalue weighted by molar-refractivity contribution is 5.91. The van der Waals surface area contributed by atoms with Crippen molar-refractivity contribution >= 4 is 11.9 Å². The number of ether oxygens (including phenoxy) is 1. The Labute approximate surface area is 142 Å². The molecule has 24 heavy (non-hydrogen) atoms. The number of methoxy groups -OCH3 is 1. The van der Waals surface area contributed by atoms with Crippen LogP contribution in [-0.4, -0.2) is 25.0 Å². The summed E-state index contributed by atoms with van der Waals surface area (Å²) in [6.07, 6.45) is 0. The average Bonchev–Trinajstić information content (AvgIpc) is 2.61. The molecule has 1 N–H and O–H groups in total. The number of amides is 1. The maximum Gasteiger partial charge on any atom is 0.328 e. The van der Waals surface area contributed by atoms with Crippen molar-refractivity contribution in [1.82, 2.24) is 5.32 Å². The predicted octanol–water partition coefficient (Wildman–Crippen LogP) is 3.13. The van der Waals surface area contributed by atoms with Crippen LogP contribution in [0.5, 0.6) is 0 Å². The molecule has 1 amide bonds. The topological polar surface area (TPSA) is 55.4 Å². The average molecular weight is 325 g/mol. The minimum atomic E-state index is -0.669. The Kier molecular flexibility index (Phi) is 6.13. The van der Waals surface area contributed by atoms with E-state index in [2.05, 4.69) is 5.32 Å². The molecule has 0 saturated carbocycles. The Balaban J connectivity index is 2.34. The zero-order chi connectivity index (χ0) is 17.5. The van der Waals surface area contributed by atoms with Gasteiger partial charge in [0.1, 0.15) is 6.04 Å². The van der Waals surface area contributed by atoms with Gasteiger partial charge in [-0.3, -0.25) is 4.79 Å². The van der Waals surface area contributed by atoms with Gasteiger partial charge in [0.05, 0.1) is 13.0 Å². The molecule has 4 nitrogen and oxygen atoms in total. The largest absolute Gasteiger partial charge is 0.467 e. The Morgan fingerprint density at radius 1 is 0.875 bits per heavy atom. The van der Waals surface area contributed by atoms with Gasteiger partial charge in [0.2, 0.25) is 5.91 Å². The van der Waals surface area contributed by atoms with Crippen LogP contribution in [0.3, 0.4) is 0 Å². The van der Waals surface area contributed by atoms with Crippen LogP contribution in [0.4, 0.5) is 0 Å². The first-order chi connectivity index (χ1) is 11.5. The van der Waals surface area contributed by atoms with Crippen molar-refractivity contribution < 1.29 is 14.3 Å². The van der Waals surface area contributed by atoms with Crippen LogP contribution in [-0.2, 0) is 14.3 Å². The lowest BCUT2D eigenvalue weighted by Crippen LogP contribution is -2.46. The minimum Gasteiger partial charge on any atom is -0.467 e. The lowest BCUT2D eigenvalue weighted by Gasteiger charge is -2.24. The third-order valence-electron chi connectivity index (χ3n) is 3.95. The summed E-state index contributed by atoms with van der Waals surface area (Å²) in [4.78, 5) is 24.9. The third-order valence-corrected chi connectivity index (χ3v) is 3.95. The number of carbonyl (C=O) groups is 2. The van der Waals surface area contributed by atoms with E-state index in [9.17, 15) is 9.59 Å². The summed E-state index contributed by atoms with van der Waals surface area (Å²) in [5.41, 5.74) is 1.77. The van der Waals surface area contributed by atoms with Gasteiger partial charge >= 0.3 is 5.97 Å². The summed E-state index contributed by atoms with van der Waals surface area (Å²) in [5, 5.41) is 2.85. The second kappa shape index (κ2) is 8.29. The summed E-state index contributed by atoms with van der Waals surface area (Å²) >= 11 is 0. The number of carbonyl (C=O) groups excluding carboxylic acids is 2. The zero-order valence-electron chi connectivity index (χ0n) is 14.2. The van der Waals surface area contributed by atoms with E-state index in [4.69, 9.17) is 4.74 Å². The number of esters is 1. The van der Waals surface area contributed by atoms with Crippen LogP contribution in [0.1, 0.15) is 30.9 Å².